The lowest BCUT2D eigenvalue weighted by Gasteiger charge is -2.10. The van der Waals surface area contributed by atoms with Crippen molar-refractivity contribution in [2.45, 2.75) is 6.42 Å². The van der Waals surface area contributed by atoms with Crippen LogP contribution in [0.15, 0.2) is 41.5 Å². The highest BCUT2D eigenvalue weighted by atomic mass is 16.7. The molecule has 0 aliphatic carbocycles. The quantitative estimate of drug-likeness (QED) is 0.888. The smallest absolute Gasteiger partial charge is 0.244 e. The van der Waals surface area contributed by atoms with Crippen molar-refractivity contribution in [3.8, 4) is 11.5 Å². The summed E-state index contributed by atoms with van der Waals surface area (Å²) in [5, 5.41) is 7.38. The highest BCUT2D eigenvalue weighted by Crippen LogP contribution is 2.36. The van der Waals surface area contributed by atoms with Crippen molar-refractivity contribution in [2.75, 3.05) is 19.2 Å². The van der Waals surface area contributed by atoms with Gasteiger partial charge in [-0.15, -0.1) is 0 Å². The first kappa shape index (κ1) is 13.6. The second kappa shape index (κ2) is 5.31. The molecule has 1 amide bonds. The molecule has 0 bridgehead atoms. The van der Waals surface area contributed by atoms with Crippen LogP contribution in [-0.2, 0) is 11.2 Å². The molecule has 2 aliphatic heterocycles. The van der Waals surface area contributed by atoms with Gasteiger partial charge in [-0.05, 0) is 29.8 Å². The molecule has 0 aromatic heterocycles. The molecule has 116 valence electrons. The van der Waals surface area contributed by atoms with E-state index < -0.39 is 0 Å². The van der Waals surface area contributed by atoms with Gasteiger partial charge in [0.25, 0.3) is 0 Å². The molecule has 6 heteroatoms. The van der Waals surface area contributed by atoms with Gasteiger partial charge in [-0.1, -0.05) is 12.1 Å². The van der Waals surface area contributed by atoms with E-state index >= 15 is 0 Å². The van der Waals surface area contributed by atoms with Gasteiger partial charge >= 0.3 is 0 Å². The molecule has 0 spiro atoms. The largest absolute Gasteiger partial charge is 0.454 e. The Hall–Kier alpha value is -3.02. The Morgan fingerprint density at radius 3 is 2.61 bits per heavy atom. The van der Waals surface area contributed by atoms with Crippen LogP contribution >= 0.6 is 0 Å². The molecular formula is C17H15N3O3. The minimum absolute atomic E-state index is 0.146. The number of carbonyl (C=O) groups excluding carboxylic acids is 1. The van der Waals surface area contributed by atoms with Gasteiger partial charge in [0.15, 0.2) is 11.5 Å². The number of hydrogen-bond donors (Lipinski definition) is 2. The average molecular weight is 309 g/mol. The van der Waals surface area contributed by atoms with Crippen LogP contribution in [0.2, 0.25) is 0 Å². The topological polar surface area (TPSA) is 72.0 Å². The standard InChI is InChI=1S/C17H15N3O3/c1-18-12-4-2-10(3-5-12)17-13-8-15-14(22-9-23-15)6-11(13)7-16(21)19-20-17/h2-6,8,18H,7,9H2,1H3,(H,19,21). The van der Waals surface area contributed by atoms with Gasteiger partial charge in [0.05, 0.1) is 12.1 Å². The molecule has 23 heavy (non-hydrogen) atoms. The molecule has 0 unspecified atom stereocenters. The van der Waals surface area contributed by atoms with Gasteiger partial charge in [0, 0.05) is 23.9 Å². The van der Waals surface area contributed by atoms with Crippen molar-refractivity contribution in [2.24, 2.45) is 5.10 Å². The second-order valence-corrected chi connectivity index (χ2v) is 5.36. The number of carbonyl (C=O) groups is 1. The lowest BCUT2D eigenvalue weighted by molar-refractivity contribution is -0.120. The van der Waals surface area contributed by atoms with Crippen LogP contribution < -0.4 is 20.2 Å². The third-order valence-corrected chi connectivity index (χ3v) is 3.94. The molecule has 4 rings (SSSR count). The highest BCUT2D eigenvalue weighted by Gasteiger charge is 2.24. The zero-order chi connectivity index (χ0) is 15.8. The summed E-state index contributed by atoms with van der Waals surface area (Å²) in [5.74, 6) is 1.20. The number of nitrogens with one attached hydrogen (secondary N) is 2. The summed E-state index contributed by atoms with van der Waals surface area (Å²) in [6.07, 6.45) is 0.258. The first-order chi connectivity index (χ1) is 11.2. The Morgan fingerprint density at radius 1 is 1.13 bits per heavy atom. The summed E-state index contributed by atoms with van der Waals surface area (Å²) >= 11 is 0. The zero-order valence-electron chi connectivity index (χ0n) is 12.6. The fourth-order valence-electron chi connectivity index (χ4n) is 2.76. The fourth-order valence-corrected chi connectivity index (χ4v) is 2.76. The third kappa shape index (κ3) is 2.38. The van der Waals surface area contributed by atoms with Crippen molar-refractivity contribution >= 4 is 17.3 Å². The van der Waals surface area contributed by atoms with Crippen LogP contribution in [0.4, 0.5) is 5.69 Å². The van der Waals surface area contributed by atoms with Crippen molar-refractivity contribution < 1.29 is 14.3 Å². The maximum atomic E-state index is 11.9. The predicted octanol–water partition coefficient (Wildman–Crippen LogP) is 1.88. The van der Waals surface area contributed by atoms with Crippen molar-refractivity contribution in [3.05, 3.63) is 53.1 Å². The first-order valence-corrected chi connectivity index (χ1v) is 7.32. The molecule has 2 N–H and O–H groups in total. The molecule has 0 radical (unpaired) electrons. The number of nitrogens with zero attached hydrogens (tertiary/aromatic N) is 1. The minimum Gasteiger partial charge on any atom is -0.454 e. The van der Waals surface area contributed by atoms with E-state index in [1.54, 1.807) is 0 Å². The number of hydrogen-bond acceptors (Lipinski definition) is 5. The van der Waals surface area contributed by atoms with Crippen LogP contribution in [0.1, 0.15) is 16.7 Å². The van der Waals surface area contributed by atoms with Gasteiger partial charge < -0.3 is 14.8 Å². The number of benzene rings is 2. The van der Waals surface area contributed by atoms with E-state index in [0.29, 0.717) is 17.2 Å². The van der Waals surface area contributed by atoms with Crippen LogP contribution in [0, 0.1) is 0 Å². The van der Waals surface area contributed by atoms with E-state index in [-0.39, 0.29) is 19.1 Å². The first-order valence-electron chi connectivity index (χ1n) is 7.32. The van der Waals surface area contributed by atoms with Crippen LogP contribution in [0.5, 0.6) is 11.5 Å². The lowest BCUT2D eigenvalue weighted by Crippen LogP contribution is -2.18. The molecule has 2 heterocycles. The Kier molecular flexibility index (Phi) is 3.15. The Morgan fingerprint density at radius 2 is 1.87 bits per heavy atom. The van der Waals surface area contributed by atoms with Crippen molar-refractivity contribution in [3.63, 3.8) is 0 Å². The number of hydrazone groups is 1. The normalized spacial score (nSPS) is 15.3. The molecule has 0 saturated carbocycles. The number of rotatable bonds is 2. The van der Waals surface area contributed by atoms with E-state index in [0.717, 1.165) is 22.4 Å². The van der Waals surface area contributed by atoms with Gasteiger partial charge in [-0.2, -0.15) is 5.10 Å². The van der Waals surface area contributed by atoms with Crippen LogP contribution in [-0.4, -0.2) is 25.5 Å². The summed E-state index contributed by atoms with van der Waals surface area (Å²) in [5.41, 5.74) is 7.00. The van der Waals surface area contributed by atoms with Gasteiger partial charge in [-0.3, -0.25) is 4.79 Å². The van der Waals surface area contributed by atoms with Crippen molar-refractivity contribution in [1.29, 1.82) is 0 Å². The van der Waals surface area contributed by atoms with E-state index in [4.69, 9.17) is 9.47 Å². The number of fused-ring (bicyclic) bond motifs is 2. The van der Waals surface area contributed by atoms with Crippen LogP contribution in [0.25, 0.3) is 0 Å². The molecule has 2 aromatic rings. The molecule has 2 aliphatic rings. The molecule has 0 atom stereocenters. The summed E-state index contributed by atoms with van der Waals surface area (Å²) in [7, 11) is 1.87. The molecule has 6 nitrogen and oxygen atoms in total. The zero-order valence-corrected chi connectivity index (χ0v) is 12.6. The molecule has 0 saturated heterocycles. The number of anilines is 1. The molecule has 2 aromatic carbocycles. The van der Waals surface area contributed by atoms with Gasteiger partial charge in [-0.25, -0.2) is 5.43 Å². The second-order valence-electron chi connectivity index (χ2n) is 5.36. The monoisotopic (exact) mass is 309 g/mol. The number of ether oxygens (including phenoxy) is 2. The predicted molar refractivity (Wildman–Crippen MR) is 86.0 cm³/mol. The fraction of sp³-hybridized carbons (Fsp3) is 0.176. The molecule has 0 fully saturated rings. The van der Waals surface area contributed by atoms with Gasteiger partial charge in [0.1, 0.15) is 0 Å². The highest BCUT2D eigenvalue weighted by molar-refractivity contribution is 6.15. The van der Waals surface area contributed by atoms with Crippen molar-refractivity contribution in [1.82, 2.24) is 5.43 Å². The summed E-state index contributed by atoms with van der Waals surface area (Å²) in [6.45, 7) is 0.202. The Balaban J connectivity index is 1.85. The molecular weight excluding hydrogens is 294 g/mol. The number of amides is 1. The lowest BCUT2D eigenvalue weighted by atomic mass is 9.95. The third-order valence-electron chi connectivity index (χ3n) is 3.94. The maximum absolute atomic E-state index is 11.9. The summed E-state index contributed by atoms with van der Waals surface area (Å²) < 4.78 is 10.9. The minimum atomic E-state index is -0.146. The summed E-state index contributed by atoms with van der Waals surface area (Å²) in [4.78, 5) is 11.9. The van der Waals surface area contributed by atoms with Crippen LogP contribution in [0.3, 0.4) is 0 Å². The van der Waals surface area contributed by atoms with E-state index in [1.165, 1.54) is 0 Å². The maximum Gasteiger partial charge on any atom is 0.244 e. The van der Waals surface area contributed by atoms with E-state index in [1.807, 2.05) is 43.4 Å². The Labute approximate surface area is 133 Å². The SMILES string of the molecule is CNc1ccc(C2=NNC(=O)Cc3cc4c(cc32)OCO4)cc1. The average Bonchev–Trinajstić information content (AvgIpc) is 2.96. The van der Waals surface area contributed by atoms with E-state index in [2.05, 4.69) is 15.8 Å². The van der Waals surface area contributed by atoms with Gasteiger partial charge in [0.2, 0.25) is 12.7 Å². The Bertz CT molecular complexity index is 813. The van der Waals surface area contributed by atoms with E-state index in [9.17, 15) is 4.79 Å². The summed E-state index contributed by atoms with van der Waals surface area (Å²) in [6, 6.07) is 11.6.